The molecule has 12 heavy (non-hydrogen) atoms. The van der Waals surface area contributed by atoms with Gasteiger partial charge < -0.3 is 15.3 Å². The molecule has 1 unspecified atom stereocenters. The second-order valence-corrected chi connectivity index (χ2v) is 2.27. The fourth-order valence-electron chi connectivity index (χ4n) is 0.833. The van der Waals surface area contributed by atoms with E-state index in [1.165, 1.54) is 12.1 Å². The molecule has 0 aliphatic carbocycles. The first-order valence-corrected chi connectivity index (χ1v) is 3.24. The molecule has 0 spiro atoms. The van der Waals surface area contributed by atoms with Crippen molar-refractivity contribution in [3.63, 3.8) is 0 Å². The quantitative estimate of drug-likeness (QED) is 0.533. The van der Waals surface area contributed by atoms with Gasteiger partial charge in [-0.15, -0.1) is 0 Å². The predicted octanol–water partition coefficient (Wildman–Crippen LogP) is 0.655. The third-order valence-corrected chi connectivity index (χ3v) is 1.43. The Morgan fingerprint density at radius 1 is 1.33 bits per heavy atom. The molecule has 0 aliphatic rings. The number of phenols is 2. The maximum Gasteiger partial charge on any atom is 0.169 e. The smallest absolute Gasteiger partial charge is 0.169 e. The highest BCUT2D eigenvalue weighted by Gasteiger charge is 2.10. The molecule has 0 amide bonds. The van der Waals surface area contributed by atoms with Crippen LogP contribution in [0.1, 0.15) is 11.7 Å². The van der Waals surface area contributed by atoms with E-state index in [0.29, 0.717) is 0 Å². The summed E-state index contributed by atoms with van der Waals surface area (Å²) in [5, 5.41) is 35.3. The number of aliphatic hydroxyl groups excluding tert-OH is 1. The highest BCUT2D eigenvalue weighted by molar-refractivity contribution is 5.41. The topological polar surface area (TPSA) is 84.5 Å². The summed E-state index contributed by atoms with van der Waals surface area (Å²) in [6, 6.07) is 5.20. The molecule has 3 N–H and O–H groups in total. The van der Waals surface area contributed by atoms with Crippen LogP contribution >= 0.6 is 0 Å². The fraction of sp³-hybridized carbons (Fsp3) is 0.125. The van der Waals surface area contributed by atoms with Crippen molar-refractivity contribution in [1.82, 2.24) is 0 Å². The van der Waals surface area contributed by atoms with Crippen LogP contribution < -0.4 is 0 Å². The number of phenolic OH excluding ortho intramolecular Hbond substituents is 2. The summed E-state index contributed by atoms with van der Waals surface area (Å²) in [4.78, 5) is 0. The zero-order valence-electron chi connectivity index (χ0n) is 6.10. The normalized spacial score (nSPS) is 12.0. The molecule has 0 saturated carbocycles. The van der Waals surface area contributed by atoms with Crippen LogP contribution in [0.5, 0.6) is 11.5 Å². The summed E-state index contributed by atoms with van der Waals surface area (Å²) in [6.07, 6.45) is -1.36. The molecule has 4 heteroatoms. The van der Waals surface area contributed by atoms with Crippen molar-refractivity contribution in [3.05, 3.63) is 23.8 Å². The van der Waals surface area contributed by atoms with E-state index in [0.717, 1.165) is 6.07 Å². The lowest BCUT2D eigenvalue weighted by molar-refractivity contribution is 0.230. The zero-order chi connectivity index (χ0) is 9.14. The Kier molecular flexibility index (Phi) is 2.17. The Labute approximate surface area is 68.9 Å². The van der Waals surface area contributed by atoms with E-state index in [-0.39, 0.29) is 17.1 Å². The van der Waals surface area contributed by atoms with E-state index in [2.05, 4.69) is 0 Å². The van der Waals surface area contributed by atoms with Crippen LogP contribution in [0.25, 0.3) is 0 Å². The van der Waals surface area contributed by atoms with Gasteiger partial charge in [-0.3, -0.25) is 0 Å². The van der Waals surface area contributed by atoms with Gasteiger partial charge in [-0.1, -0.05) is 0 Å². The van der Waals surface area contributed by atoms with E-state index < -0.39 is 6.10 Å². The Bertz CT molecular complexity index is 330. The molecule has 0 radical (unpaired) electrons. The molecular formula is C8H7NO3. The molecule has 4 nitrogen and oxygen atoms in total. The highest BCUT2D eigenvalue weighted by atomic mass is 16.3. The molecule has 1 atom stereocenters. The van der Waals surface area contributed by atoms with Gasteiger partial charge in [0.05, 0.1) is 6.07 Å². The van der Waals surface area contributed by atoms with Crippen LogP contribution in [0, 0.1) is 11.3 Å². The maximum atomic E-state index is 9.12. The minimum Gasteiger partial charge on any atom is -0.508 e. The summed E-state index contributed by atoms with van der Waals surface area (Å²) >= 11 is 0. The number of nitrogens with zero attached hydrogens (tertiary/aromatic N) is 1. The third-order valence-electron chi connectivity index (χ3n) is 1.43. The van der Waals surface area contributed by atoms with Crippen molar-refractivity contribution in [1.29, 1.82) is 5.26 Å². The standard InChI is InChI=1S/C8H7NO3/c9-4-8(12)6-2-1-5(10)3-7(6)11/h1-3,8,10-12H. The van der Waals surface area contributed by atoms with Crippen LogP contribution in [0.2, 0.25) is 0 Å². The summed E-state index contributed by atoms with van der Waals surface area (Å²) in [5.41, 5.74) is 0.0929. The summed E-state index contributed by atoms with van der Waals surface area (Å²) in [6.45, 7) is 0. The Hall–Kier alpha value is -1.73. The summed E-state index contributed by atoms with van der Waals surface area (Å²) in [5.74, 6) is -0.398. The number of hydrogen-bond donors (Lipinski definition) is 3. The lowest BCUT2D eigenvalue weighted by atomic mass is 10.1. The second kappa shape index (κ2) is 3.11. The largest absolute Gasteiger partial charge is 0.508 e. The molecule has 0 saturated heterocycles. The van der Waals surface area contributed by atoms with Crippen LogP contribution in [-0.2, 0) is 0 Å². The van der Waals surface area contributed by atoms with Gasteiger partial charge in [-0.25, -0.2) is 0 Å². The lowest BCUT2D eigenvalue weighted by Gasteiger charge is -2.04. The fourth-order valence-corrected chi connectivity index (χ4v) is 0.833. The molecule has 1 aromatic rings. The Morgan fingerprint density at radius 2 is 2.00 bits per heavy atom. The minimum absolute atomic E-state index is 0.0929. The van der Waals surface area contributed by atoms with Crippen molar-refractivity contribution < 1.29 is 15.3 Å². The Balaban J connectivity index is 3.11. The van der Waals surface area contributed by atoms with Gasteiger partial charge in [0.1, 0.15) is 11.5 Å². The van der Waals surface area contributed by atoms with Crippen molar-refractivity contribution >= 4 is 0 Å². The molecule has 62 valence electrons. The maximum absolute atomic E-state index is 9.12. The van der Waals surface area contributed by atoms with Crippen molar-refractivity contribution in [3.8, 4) is 17.6 Å². The number of aliphatic hydroxyl groups is 1. The zero-order valence-corrected chi connectivity index (χ0v) is 6.10. The van der Waals surface area contributed by atoms with Gasteiger partial charge in [0.15, 0.2) is 6.10 Å². The molecule has 0 heterocycles. The second-order valence-electron chi connectivity index (χ2n) is 2.27. The number of nitriles is 1. The molecule has 0 fully saturated rings. The average molecular weight is 165 g/mol. The third kappa shape index (κ3) is 1.47. The predicted molar refractivity (Wildman–Crippen MR) is 40.3 cm³/mol. The molecular weight excluding hydrogens is 158 g/mol. The van der Waals surface area contributed by atoms with E-state index in [4.69, 9.17) is 20.6 Å². The minimum atomic E-state index is -1.36. The average Bonchev–Trinajstić information content (AvgIpc) is 2.03. The summed E-state index contributed by atoms with van der Waals surface area (Å²) < 4.78 is 0. The lowest BCUT2D eigenvalue weighted by Crippen LogP contribution is -1.92. The first-order valence-electron chi connectivity index (χ1n) is 3.24. The Morgan fingerprint density at radius 3 is 2.50 bits per heavy atom. The monoisotopic (exact) mass is 165 g/mol. The van der Waals surface area contributed by atoms with Crippen molar-refractivity contribution in [2.24, 2.45) is 0 Å². The van der Waals surface area contributed by atoms with Gasteiger partial charge in [0.2, 0.25) is 0 Å². The van der Waals surface area contributed by atoms with E-state index in [1.807, 2.05) is 0 Å². The van der Waals surface area contributed by atoms with E-state index in [1.54, 1.807) is 6.07 Å². The van der Waals surface area contributed by atoms with Crippen molar-refractivity contribution in [2.75, 3.05) is 0 Å². The molecule has 0 bridgehead atoms. The number of aromatic hydroxyl groups is 2. The molecule has 0 aromatic heterocycles. The molecule has 1 rings (SSSR count). The van der Waals surface area contributed by atoms with E-state index >= 15 is 0 Å². The molecule has 0 aliphatic heterocycles. The van der Waals surface area contributed by atoms with Crippen LogP contribution in [-0.4, -0.2) is 15.3 Å². The first kappa shape index (κ1) is 8.37. The summed E-state index contributed by atoms with van der Waals surface area (Å²) in [7, 11) is 0. The van der Waals surface area contributed by atoms with Gasteiger partial charge in [-0.2, -0.15) is 5.26 Å². The van der Waals surface area contributed by atoms with Gasteiger partial charge in [0.25, 0.3) is 0 Å². The van der Waals surface area contributed by atoms with Crippen LogP contribution in [0.4, 0.5) is 0 Å². The first-order chi connectivity index (χ1) is 5.65. The number of benzene rings is 1. The van der Waals surface area contributed by atoms with Crippen LogP contribution in [0.15, 0.2) is 18.2 Å². The van der Waals surface area contributed by atoms with E-state index in [9.17, 15) is 0 Å². The molecule has 1 aromatic carbocycles. The van der Waals surface area contributed by atoms with Crippen molar-refractivity contribution in [2.45, 2.75) is 6.10 Å². The SMILES string of the molecule is N#CC(O)c1ccc(O)cc1O. The van der Waals surface area contributed by atoms with Crippen LogP contribution in [0.3, 0.4) is 0 Å². The van der Waals surface area contributed by atoms with Gasteiger partial charge in [-0.05, 0) is 12.1 Å². The highest BCUT2D eigenvalue weighted by Crippen LogP contribution is 2.27. The van der Waals surface area contributed by atoms with Gasteiger partial charge >= 0.3 is 0 Å². The van der Waals surface area contributed by atoms with Gasteiger partial charge in [0, 0.05) is 11.6 Å². The number of hydrogen-bond acceptors (Lipinski definition) is 4. The number of rotatable bonds is 1.